The van der Waals surface area contributed by atoms with Crippen molar-refractivity contribution in [3.63, 3.8) is 0 Å². The Labute approximate surface area is 155 Å². The molecule has 0 aliphatic carbocycles. The molecule has 0 aliphatic heterocycles. The van der Waals surface area contributed by atoms with E-state index in [1.165, 1.54) is 23.5 Å². The van der Waals surface area contributed by atoms with Gasteiger partial charge in [-0.05, 0) is 37.3 Å². The maximum atomic E-state index is 12.4. The first-order chi connectivity index (χ1) is 12.3. The maximum absolute atomic E-state index is 12.4. The molecule has 0 unspecified atom stereocenters. The third kappa shape index (κ3) is 3.71. The highest BCUT2D eigenvalue weighted by atomic mass is 32.2. The van der Waals surface area contributed by atoms with E-state index in [2.05, 4.69) is 4.99 Å². The van der Waals surface area contributed by atoms with Crippen LogP contribution < -0.4 is 9.54 Å². The van der Waals surface area contributed by atoms with Crippen molar-refractivity contribution in [1.82, 2.24) is 4.57 Å². The molecule has 2 aromatic carbocycles. The summed E-state index contributed by atoms with van der Waals surface area (Å²) in [5, 5.41) is 0. The van der Waals surface area contributed by atoms with Gasteiger partial charge in [0.15, 0.2) is 14.6 Å². The van der Waals surface area contributed by atoms with Crippen LogP contribution in [0.1, 0.15) is 5.56 Å². The normalized spacial score (nSPS) is 12.5. The molecule has 0 fully saturated rings. The number of rotatable bonds is 4. The zero-order chi connectivity index (χ0) is 18.9. The molecule has 0 atom stereocenters. The molecule has 6 nitrogen and oxygen atoms in total. The lowest BCUT2D eigenvalue weighted by molar-refractivity contribution is -0.115. The number of methoxy groups -OCH3 is 1. The highest BCUT2D eigenvalue weighted by molar-refractivity contribution is 7.92. The van der Waals surface area contributed by atoms with Crippen molar-refractivity contribution in [1.29, 1.82) is 0 Å². The summed E-state index contributed by atoms with van der Waals surface area (Å²) in [6.07, 6.45) is 0. The molecule has 0 N–H and O–H groups in total. The van der Waals surface area contributed by atoms with Crippen molar-refractivity contribution >= 4 is 37.3 Å². The van der Waals surface area contributed by atoms with Gasteiger partial charge in [0.1, 0.15) is 11.5 Å². The van der Waals surface area contributed by atoms with E-state index in [1.54, 1.807) is 30.9 Å². The molecule has 26 heavy (non-hydrogen) atoms. The Hall–Kier alpha value is -2.45. The van der Waals surface area contributed by atoms with E-state index in [1.807, 2.05) is 25.1 Å². The zero-order valence-corrected chi connectivity index (χ0v) is 16.2. The van der Waals surface area contributed by atoms with Crippen molar-refractivity contribution in [2.45, 2.75) is 11.8 Å². The molecule has 0 spiro atoms. The average Bonchev–Trinajstić information content (AvgIpc) is 2.89. The lowest BCUT2D eigenvalue weighted by Crippen LogP contribution is -2.19. The predicted molar refractivity (Wildman–Crippen MR) is 101 cm³/mol. The van der Waals surface area contributed by atoms with Gasteiger partial charge < -0.3 is 9.30 Å². The number of aryl methyl sites for hydroxylation is 2. The number of sulfone groups is 1. The minimum absolute atomic E-state index is 0.122. The van der Waals surface area contributed by atoms with E-state index in [0.717, 1.165) is 15.8 Å². The van der Waals surface area contributed by atoms with E-state index in [9.17, 15) is 13.2 Å². The van der Waals surface area contributed by atoms with Gasteiger partial charge in [-0.15, -0.1) is 0 Å². The summed E-state index contributed by atoms with van der Waals surface area (Å²) < 4.78 is 32.6. The molecule has 0 aliphatic rings. The summed E-state index contributed by atoms with van der Waals surface area (Å²) in [6, 6.07) is 12.0. The minimum Gasteiger partial charge on any atom is -0.497 e. The van der Waals surface area contributed by atoms with Gasteiger partial charge in [0.2, 0.25) is 0 Å². The first-order valence-electron chi connectivity index (χ1n) is 7.81. The van der Waals surface area contributed by atoms with Crippen LogP contribution in [-0.2, 0) is 21.7 Å². The van der Waals surface area contributed by atoms with Gasteiger partial charge in [-0.25, -0.2) is 8.42 Å². The summed E-state index contributed by atoms with van der Waals surface area (Å²) in [7, 11) is -0.351. The van der Waals surface area contributed by atoms with Crippen molar-refractivity contribution in [2.24, 2.45) is 12.0 Å². The van der Waals surface area contributed by atoms with E-state index >= 15 is 0 Å². The van der Waals surface area contributed by atoms with Gasteiger partial charge >= 0.3 is 0 Å². The predicted octanol–water partition coefficient (Wildman–Crippen LogP) is 2.46. The van der Waals surface area contributed by atoms with Crippen molar-refractivity contribution in [2.75, 3.05) is 12.9 Å². The quantitative estimate of drug-likeness (QED) is 0.686. The van der Waals surface area contributed by atoms with Crippen molar-refractivity contribution < 1.29 is 17.9 Å². The number of benzene rings is 2. The summed E-state index contributed by atoms with van der Waals surface area (Å²) in [5.41, 5.74) is 1.84. The Kier molecular flexibility index (Phi) is 4.97. The topological polar surface area (TPSA) is 77.7 Å². The number of ether oxygens (including phenoxy) is 1. The number of carbonyl (C=O) groups excluding carboxylic acids is 1. The number of nitrogens with zero attached hydrogens (tertiary/aromatic N) is 2. The van der Waals surface area contributed by atoms with E-state index in [4.69, 9.17) is 4.74 Å². The summed E-state index contributed by atoms with van der Waals surface area (Å²) >= 11 is 1.31. The minimum atomic E-state index is -3.72. The highest BCUT2D eigenvalue weighted by Gasteiger charge is 2.19. The van der Waals surface area contributed by atoms with Gasteiger partial charge in [0, 0.05) is 7.05 Å². The zero-order valence-electron chi connectivity index (χ0n) is 14.6. The molecule has 1 aromatic heterocycles. The molecule has 0 saturated heterocycles. The lowest BCUT2D eigenvalue weighted by Gasteiger charge is -2.02. The van der Waals surface area contributed by atoms with Crippen LogP contribution in [0.2, 0.25) is 0 Å². The molecule has 0 bridgehead atoms. The second kappa shape index (κ2) is 7.05. The number of thiazole rings is 1. The number of hydrogen-bond acceptors (Lipinski definition) is 5. The van der Waals surface area contributed by atoms with Gasteiger partial charge in [0.05, 0.1) is 22.2 Å². The molecule has 136 valence electrons. The first-order valence-corrected chi connectivity index (χ1v) is 10.3. The fraction of sp³-hybridized carbons (Fsp3) is 0.222. The van der Waals surface area contributed by atoms with Gasteiger partial charge in [-0.1, -0.05) is 29.0 Å². The average molecular weight is 390 g/mol. The monoisotopic (exact) mass is 390 g/mol. The van der Waals surface area contributed by atoms with Crippen molar-refractivity contribution in [3.8, 4) is 5.75 Å². The lowest BCUT2D eigenvalue weighted by atomic mass is 10.2. The molecule has 8 heteroatoms. The third-order valence-corrected chi connectivity index (χ3v) is 6.64. The maximum Gasteiger partial charge on any atom is 0.263 e. The number of hydrogen-bond donors (Lipinski definition) is 0. The van der Waals surface area contributed by atoms with Gasteiger partial charge in [-0.3, -0.25) is 4.79 Å². The fourth-order valence-electron chi connectivity index (χ4n) is 2.48. The Bertz CT molecular complexity index is 1140. The molecular formula is C18H18N2O4S2. The van der Waals surface area contributed by atoms with Crippen LogP contribution in [0.5, 0.6) is 5.75 Å². The van der Waals surface area contributed by atoms with E-state index in [0.29, 0.717) is 10.6 Å². The Morgan fingerprint density at radius 3 is 2.54 bits per heavy atom. The molecule has 1 heterocycles. The standard InChI is InChI=1S/C18H18N2O4S2/c1-12-4-7-14(8-5-12)26(22,23)11-17(21)19-18-20(2)15-9-6-13(24-3)10-16(15)25-18/h4-10H,11H2,1-3H3. The Balaban J connectivity index is 1.92. The van der Waals surface area contributed by atoms with Crippen LogP contribution in [0.15, 0.2) is 52.4 Å². The van der Waals surface area contributed by atoms with Crippen LogP contribution in [0.3, 0.4) is 0 Å². The van der Waals surface area contributed by atoms with Crippen LogP contribution in [-0.4, -0.2) is 31.8 Å². The number of carbonyl (C=O) groups is 1. The molecular weight excluding hydrogens is 372 g/mol. The molecule has 3 rings (SSSR count). The second-order valence-electron chi connectivity index (χ2n) is 5.85. The molecule has 3 aromatic rings. The Morgan fingerprint density at radius 1 is 1.19 bits per heavy atom. The fourth-order valence-corrected chi connectivity index (χ4v) is 4.65. The van der Waals surface area contributed by atoms with Gasteiger partial charge in [0.25, 0.3) is 5.91 Å². The van der Waals surface area contributed by atoms with E-state index < -0.39 is 21.5 Å². The summed E-state index contributed by atoms with van der Waals surface area (Å²) in [6.45, 7) is 1.87. The summed E-state index contributed by atoms with van der Waals surface area (Å²) in [5.74, 6) is -0.646. The van der Waals surface area contributed by atoms with E-state index in [-0.39, 0.29) is 4.90 Å². The molecule has 0 radical (unpaired) electrons. The van der Waals surface area contributed by atoms with Crippen LogP contribution in [0.25, 0.3) is 10.2 Å². The molecule has 0 saturated carbocycles. The third-order valence-electron chi connectivity index (χ3n) is 3.93. The SMILES string of the molecule is COc1ccc2c(c1)sc(=NC(=O)CS(=O)(=O)c1ccc(C)cc1)n2C. The first kappa shape index (κ1) is 18.3. The Morgan fingerprint density at radius 2 is 1.88 bits per heavy atom. The number of amides is 1. The highest BCUT2D eigenvalue weighted by Crippen LogP contribution is 2.22. The smallest absolute Gasteiger partial charge is 0.263 e. The molecule has 1 amide bonds. The number of aromatic nitrogens is 1. The van der Waals surface area contributed by atoms with Gasteiger partial charge in [-0.2, -0.15) is 4.99 Å². The van der Waals surface area contributed by atoms with Crippen molar-refractivity contribution in [3.05, 3.63) is 52.8 Å². The summed E-state index contributed by atoms with van der Waals surface area (Å²) in [4.78, 5) is 16.8. The second-order valence-corrected chi connectivity index (χ2v) is 8.85. The number of fused-ring (bicyclic) bond motifs is 1. The van der Waals surface area contributed by atoms with Crippen LogP contribution >= 0.6 is 11.3 Å². The van der Waals surface area contributed by atoms with Crippen LogP contribution in [0, 0.1) is 6.92 Å². The van der Waals surface area contributed by atoms with Crippen LogP contribution in [0.4, 0.5) is 0 Å². The largest absolute Gasteiger partial charge is 0.497 e.